The Balaban J connectivity index is 3.06. The van der Waals surface area contributed by atoms with Crippen LogP contribution in [-0.4, -0.2) is 17.6 Å². The maximum Gasteiger partial charge on any atom is 0.303 e. The highest BCUT2D eigenvalue weighted by Gasteiger charge is 2.16. The highest BCUT2D eigenvalue weighted by atomic mass is 79.9. The van der Waals surface area contributed by atoms with Crippen LogP contribution in [0.4, 0.5) is 0 Å². The minimum atomic E-state index is -0.509. The van der Waals surface area contributed by atoms with Gasteiger partial charge < -0.3 is 15.6 Å². The van der Waals surface area contributed by atoms with Gasteiger partial charge in [-0.25, -0.2) is 0 Å². The molecular weight excluding hydrogens is 342 g/mol. The second-order valence-corrected chi connectivity index (χ2v) is 4.88. The van der Waals surface area contributed by atoms with Gasteiger partial charge in [0.15, 0.2) is 0 Å². The molecule has 6 heteroatoms. The SMILES string of the molecule is CC(=O)OC(CN)c1cc(Br)c(O)c(Br)c1. The number of esters is 1. The van der Waals surface area contributed by atoms with Crippen molar-refractivity contribution in [2.75, 3.05) is 6.54 Å². The number of nitrogens with two attached hydrogens (primary N) is 1. The van der Waals surface area contributed by atoms with E-state index in [1.54, 1.807) is 12.1 Å². The van der Waals surface area contributed by atoms with Crippen molar-refractivity contribution in [3.05, 3.63) is 26.6 Å². The first-order valence-electron chi connectivity index (χ1n) is 4.51. The first-order valence-corrected chi connectivity index (χ1v) is 6.09. The second-order valence-electron chi connectivity index (χ2n) is 3.17. The fraction of sp³-hybridized carbons (Fsp3) is 0.300. The van der Waals surface area contributed by atoms with Crippen LogP contribution in [0.1, 0.15) is 18.6 Å². The lowest BCUT2D eigenvalue weighted by Crippen LogP contribution is -2.18. The Labute approximate surface area is 110 Å². The van der Waals surface area contributed by atoms with Crippen LogP contribution in [-0.2, 0) is 9.53 Å². The van der Waals surface area contributed by atoms with E-state index in [1.165, 1.54) is 6.92 Å². The fourth-order valence-corrected chi connectivity index (χ4v) is 2.45. The number of hydrogen-bond acceptors (Lipinski definition) is 4. The Morgan fingerprint density at radius 3 is 2.38 bits per heavy atom. The number of carbonyl (C=O) groups excluding carboxylic acids is 1. The molecule has 1 atom stereocenters. The van der Waals surface area contributed by atoms with Crippen molar-refractivity contribution in [3.8, 4) is 5.75 Å². The van der Waals surface area contributed by atoms with E-state index in [0.717, 1.165) is 0 Å². The summed E-state index contributed by atoms with van der Waals surface area (Å²) >= 11 is 6.40. The van der Waals surface area contributed by atoms with Crippen LogP contribution >= 0.6 is 31.9 Å². The minimum Gasteiger partial charge on any atom is -0.506 e. The molecule has 0 aliphatic rings. The fourth-order valence-electron chi connectivity index (χ4n) is 1.22. The van der Waals surface area contributed by atoms with Crippen molar-refractivity contribution in [1.82, 2.24) is 0 Å². The Bertz CT molecular complexity index is 386. The number of benzene rings is 1. The molecule has 0 aromatic heterocycles. The predicted octanol–water partition coefficient (Wildman–Crippen LogP) is 2.48. The van der Waals surface area contributed by atoms with Crippen LogP contribution in [0, 0.1) is 0 Å². The summed E-state index contributed by atoms with van der Waals surface area (Å²) in [5, 5.41) is 9.53. The number of rotatable bonds is 3. The minimum absolute atomic E-state index is 0.0994. The monoisotopic (exact) mass is 351 g/mol. The molecule has 3 N–H and O–H groups in total. The van der Waals surface area contributed by atoms with Gasteiger partial charge in [-0.2, -0.15) is 0 Å². The molecule has 4 nitrogen and oxygen atoms in total. The average Bonchev–Trinajstić information content (AvgIpc) is 2.21. The van der Waals surface area contributed by atoms with Crippen molar-refractivity contribution in [2.24, 2.45) is 5.73 Å². The largest absolute Gasteiger partial charge is 0.506 e. The van der Waals surface area contributed by atoms with Crippen molar-refractivity contribution in [1.29, 1.82) is 0 Å². The van der Waals surface area contributed by atoms with E-state index >= 15 is 0 Å². The molecule has 0 saturated heterocycles. The summed E-state index contributed by atoms with van der Waals surface area (Å²) in [5.41, 5.74) is 6.24. The van der Waals surface area contributed by atoms with Gasteiger partial charge in [0.2, 0.25) is 0 Å². The number of phenols is 1. The number of hydrogen-bond donors (Lipinski definition) is 2. The molecule has 0 saturated carbocycles. The van der Waals surface area contributed by atoms with Gasteiger partial charge in [-0.3, -0.25) is 4.79 Å². The van der Waals surface area contributed by atoms with Crippen molar-refractivity contribution < 1.29 is 14.6 Å². The van der Waals surface area contributed by atoms with Gasteiger partial charge in [-0.05, 0) is 49.6 Å². The van der Waals surface area contributed by atoms with Gasteiger partial charge in [0.05, 0.1) is 8.95 Å². The number of ether oxygens (including phenoxy) is 1. The van der Waals surface area contributed by atoms with Crippen LogP contribution in [0.15, 0.2) is 21.1 Å². The maximum atomic E-state index is 10.9. The van der Waals surface area contributed by atoms with Crippen molar-refractivity contribution in [2.45, 2.75) is 13.0 Å². The summed E-state index contributed by atoms with van der Waals surface area (Å²) in [4.78, 5) is 10.9. The summed E-state index contributed by atoms with van der Waals surface area (Å²) in [6.07, 6.45) is -0.509. The van der Waals surface area contributed by atoms with Crippen LogP contribution in [0.25, 0.3) is 0 Å². The molecule has 1 aromatic rings. The molecule has 0 bridgehead atoms. The van der Waals surface area contributed by atoms with Crippen LogP contribution in [0.5, 0.6) is 5.75 Å². The van der Waals surface area contributed by atoms with E-state index in [-0.39, 0.29) is 12.3 Å². The highest BCUT2D eigenvalue weighted by Crippen LogP contribution is 2.35. The molecule has 0 aliphatic heterocycles. The molecule has 1 rings (SSSR count). The van der Waals surface area contributed by atoms with Gasteiger partial charge in [-0.15, -0.1) is 0 Å². The van der Waals surface area contributed by atoms with Gasteiger partial charge in [0, 0.05) is 13.5 Å². The van der Waals surface area contributed by atoms with Gasteiger partial charge in [-0.1, -0.05) is 0 Å². The zero-order valence-electron chi connectivity index (χ0n) is 8.54. The Hall–Kier alpha value is -0.590. The highest BCUT2D eigenvalue weighted by molar-refractivity contribution is 9.11. The van der Waals surface area contributed by atoms with Crippen LogP contribution in [0.3, 0.4) is 0 Å². The molecular formula is C10H11Br2NO3. The lowest BCUT2D eigenvalue weighted by molar-refractivity contribution is -0.146. The molecule has 0 radical (unpaired) electrons. The lowest BCUT2D eigenvalue weighted by atomic mass is 10.1. The standard InChI is InChI=1S/C10H11Br2NO3/c1-5(14)16-9(4-13)6-2-7(11)10(15)8(12)3-6/h2-3,9,15H,4,13H2,1H3. The molecule has 0 spiro atoms. The maximum absolute atomic E-state index is 10.9. The molecule has 1 aromatic carbocycles. The number of phenolic OH excluding ortho intramolecular Hbond substituents is 1. The third-order valence-electron chi connectivity index (χ3n) is 1.93. The molecule has 0 heterocycles. The van der Waals surface area contributed by atoms with Crippen LogP contribution in [0.2, 0.25) is 0 Å². The zero-order chi connectivity index (χ0) is 12.3. The van der Waals surface area contributed by atoms with E-state index in [2.05, 4.69) is 31.9 Å². The molecule has 0 aliphatic carbocycles. The van der Waals surface area contributed by atoms with E-state index < -0.39 is 12.1 Å². The molecule has 16 heavy (non-hydrogen) atoms. The van der Waals surface area contributed by atoms with E-state index in [1.807, 2.05) is 0 Å². The number of carbonyl (C=O) groups is 1. The first-order chi connectivity index (χ1) is 7.45. The topological polar surface area (TPSA) is 72.5 Å². The normalized spacial score (nSPS) is 12.2. The van der Waals surface area contributed by atoms with Gasteiger partial charge >= 0.3 is 5.97 Å². The van der Waals surface area contributed by atoms with E-state index in [0.29, 0.717) is 14.5 Å². The average molecular weight is 353 g/mol. The smallest absolute Gasteiger partial charge is 0.303 e. The first kappa shape index (κ1) is 13.5. The van der Waals surface area contributed by atoms with Crippen molar-refractivity contribution >= 4 is 37.8 Å². The van der Waals surface area contributed by atoms with Gasteiger partial charge in [0.1, 0.15) is 11.9 Å². The summed E-state index contributed by atoms with van der Waals surface area (Å²) in [6.45, 7) is 1.51. The zero-order valence-corrected chi connectivity index (χ0v) is 11.7. The Morgan fingerprint density at radius 1 is 1.50 bits per heavy atom. The summed E-state index contributed by atoms with van der Waals surface area (Å²) < 4.78 is 6.08. The van der Waals surface area contributed by atoms with Crippen molar-refractivity contribution in [3.63, 3.8) is 0 Å². The summed E-state index contributed by atoms with van der Waals surface area (Å²) in [7, 11) is 0. The van der Waals surface area contributed by atoms with E-state index in [9.17, 15) is 9.90 Å². The van der Waals surface area contributed by atoms with E-state index in [4.69, 9.17) is 10.5 Å². The Kier molecular flexibility index (Phi) is 4.76. The number of aromatic hydroxyl groups is 1. The lowest BCUT2D eigenvalue weighted by Gasteiger charge is -2.16. The van der Waals surface area contributed by atoms with Crippen LogP contribution < -0.4 is 5.73 Å². The predicted molar refractivity (Wildman–Crippen MR) is 67.1 cm³/mol. The third-order valence-corrected chi connectivity index (χ3v) is 3.14. The quantitative estimate of drug-likeness (QED) is 0.819. The molecule has 0 fully saturated rings. The third kappa shape index (κ3) is 3.20. The molecule has 88 valence electrons. The number of halogens is 2. The second kappa shape index (κ2) is 5.65. The summed E-state index contributed by atoms with van der Waals surface area (Å²) in [5.74, 6) is -0.293. The Morgan fingerprint density at radius 2 is 2.00 bits per heavy atom. The molecule has 0 amide bonds. The summed E-state index contributed by atoms with van der Waals surface area (Å²) in [6, 6.07) is 3.33. The van der Waals surface area contributed by atoms with Gasteiger partial charge in [0.25, 0.3) is 0 Å². The molecule has 1 unspecified atom stereocenters.